The number of nitrogens with one attached hydrogen (secondary N) is 1. The predicted molar refractivity (Wildman–Crippen MR) is 108 cm³/mol. The van der Waals surface area contributed by atoms with Crippen molar-refractivity contribution in [3.8, 4) is 0 Å². The highest BCUT2D eigenvalue weighted by Crippen LogP contribution is 2.30. The molecule has 2 aromatic heterocycles. The lowest BCUT2D eigenvalue weighted by Gasteiger charge is -2.10. The summed E-state index contributed by atoms with van der Waals surface area (Å²) >= 11 is 3.53. The van der Waals surface area contributed by atoms with E-state index in [1.165, 1.54) is 0 Å². The Balaban J connectivity index is 1.91. The first kappa shape index (κ1) is 17.0. The van der Waals surface area contributed by atoms with Gasteiger partial charge >= 0.3 is 0 Å². The van der Waals surface area contributed by atoms with E-state index in [1.807, 2.05) is 47.0 Å². The molecule has 0 aliphatic carbocycles. The van der Waals surface area contributed by atoms with Gasteiger partial charge in [-0.1, -0.05) is 41.9 Å². The summed E-state index contributed by atoms with van der Waals surface area (Å²) in [6.45, 7) is 5.04. The summed E-state index contributed by atoms with van der Waals surface area (Å²) < 4.78 is 2.93. The van der Waals surface area contributed by atoms with Gasteiger partial charge in [0.2, 0.25) is 5.91 Å². The van der Waals surface area contributed by atoms with Crippen molar-refractivity contribution in [3.63, 3.8) is 0 Å². The van der Waals surface area contributed by atoms with E-state index < -0.39 is 0 Å². The van der Waals surface area contributed by atoms with E-state index >= 15 is 0 Å². The van der Waals surface area contributed by atoms with Crippen LogP contribution in [0.2, 0.25) is 0 Å². The van der Waals surface area contributed by atoms with Crippen LogP contribution in [0.4, 0.5) is 0 Å². The van der Waals surface area contributed by atoms with Crippen molar-refractivity contribution in [1.82, 2.24) is 19.9 Å². The van der Waals surface area contributed by atoms with E-state index in [9.17, 15) is 4.79 Å². The van der Waals surface area contributed by atoms with Gasteiger partial charge < -0.3 is 9.88 Å². The van der Waals surface area contributed by atoms with Crippen LogP contribution < -0.4 is 5.32 Å². The van der Waals surface area contributed by atoms with Crippen LogP contribution in [-0.4, -0.2) is 27.0 Å². The van der Waals surface area contributed by atoms with Crippen molar-refractivity contribution in [2.75, 3.05) is 6.54 Å². The number of para-hydroxylation sites is 2. The van der Waals surface area contributed by atoms with Gasteiger partial charge in [0.1, 0.15) is 12.1 Å². The second-order valence-corrected chi connectivity index (χ2v) is 7.75. The largest absolute Gasteiger partial charge is 0.354 e. The van der Waals surface area contributed by atoms with Gasteiger partial charge in [-0.2, -0.15) is 0 Å². The monoisotopic (exact) mass is 410 g/mol. The average Bonchev–Trinajstić information content (AvgIpc) is 2.90. The molecule has 0 unspecified atom stereocenters. The lowest BCUT2D eigenvalue weighted by Crippen LogP contribution is -2.30. The number of hydrogen-bond donors (Lipinski definition) is 1. The molecule has 1 amide bonds. The van der Waals surface area contributed by atoms with Crippen LogP contribution in [0.25, 0.3) is 33.1 Å². The van der Waals surface area contributed by atoms with Gasteiger partial charge in [0.15, 0.2) is 5.65 Å². The molecule has 26 heavy (non-hydrogen) atoms. The molecule has 2 heterocycles. The molecule has 0 atom stereocenters. The van der Waals surface area contributed by atoms with Gasteiger partial charge in [-0.3, -0.25) is 4.79 Å². The van der Waals surface area contributed by atoms with Crippen molar-refractivity contribution in [3.05, 3.63) is 46.9 Å². The first-order valence-electron chi connectivity index (χ1n) is 8.64. The molecule has 0 spiro atoms. The Morgan fingerprint density at radius 2 is 1.88 bits per heavy atom. The predicted octanol–water partition coefficient (Wildman–Crippen LogP) is 4.27. The molecule has 132 valence electrons. The summed E-state index contributed by atoms with van der Waals surface area (Å²) in [5, 5.41) is 3.97. The number of amides is 1. The average molecular weight is 411 g/mol. The van der Waals surface area contributed by atoms with Crippen LogP contribution in [0.5, 0.6) is 0 Å². The molecule has 0 radical (unpaired) electrons. The summed E-state index contributed by atoms with van der Waals surface area (Å²) in [5.41, 5.74) is 4.18. The topological polar surface area (TPSA) is 59.8 Å². The zero-order chi connectivity index (χ0) is 18.3. The molecule has 0 aliphatic rings. The minimum Gasteiger partial charge on any atom is -0.354 e. The number of carbonyl (C=O) groups excluding carboxylic acids is 1. The van der Waals surface area contributed by atoms with Gasteiger partial charge in [-0.05, 0) is 36.2 Å². The normalized spacial score (nSPS) is 11.7. The third-order valence-electron chi connectivity index (χ3n) is 4.32. The minimum atomic E-state index is -0.0182. The maximum atomic E-state index is 12.4. The standard InChI is InChI=1S/C20H19BrN4O/c1-12(2)10-22-18(26)11-25-17-8-7-13(21)9-14(17)19-20(25)24-16-6-4-3-5-15(16)23-19/h3-9,12H,10-11H2,1-2H3,(H,22,26). The van der Waals surface area contributed by atoms with Gasteiger partial charge in [0, 0.05) is 16.4 Å². The molecule has 1 N–H and O–H groups in total. The SMILES string of the molecule is CC(C)CNC(=O)Cn1c2ccc(Br)cc2c2nc3ccccc3nc21. The second kappa shape index (κ2) is 6.68. The first-order chi connectivity index (χ1) is 12.5. The fourth-order valence-electron chi connectivity index (χ4n) is 3.08. The maximum Gasteiger partial charge on any atom is 0.240 e. The first-order valence-corrected chi connectivity index (χ1v) is 9.43. The molecule has 5 nitrogen and oxygen atoms in total. The van der Waals surface area contributed by atoms with Gasteiger partial charge in [0.25, 0.3) is 0 Å². The van der Waals surface area contributed by atoms with Crippen LogP contribution >= 0.6 is 15.9 Å². The Bertz CT molecular complexity index is 1130. The molecule has 4 aromatic rings. The van der Waals surface area contributed by atoms with Crippen molar-refractivity contribution in [1.29, 1.82) is 0 Å². The minimum absolute atomic E-state index is 0.0182. The summed E-state index contributed by atoms with van der Waals surface area (Å²) in [7, 11) is 0. The van der Waals surface area contributed by atoms with Crippen LogP contribution in [0.3, 0.4) is 0 Å². The number of benzene rings is 2. The number of aromatic nitrogens is 3. The Morgan fingerprint density at radius 3 is 2.62 bits per heavy atom. The number of halogens is 1. The lowest BCUT2D eigenvalue weighted by atomic mass is 10.2. The number of nitrogens with zero attached hydrogens (tertiary/aromatic N) is 3. The van der Waals surface area contributed by atoms with Crippen molar-refractivity contribution in [2.24, 2.45) is 5.92 Å². The molecular weight excluding hydrogens is 392 g/mol. The number of hydrogen-bond acceptors (Lipinski definition) is 3. The summed E-state index contributed by atoms with van der Waals surface area (Å²) in [6.07, 6.45) is 0. The van der Waals surface area contributed by atoms with E-state index in [0.29, 0.717) is 12.5 Å². The van der Waals surface area contributed by atoms with Crippen LogP contribution in [0, 0.1) is 5.92 Å². The third-order valence-corrected chi connectivity index (χ3v) is 4.81. The summed E-state index contributed by atoms with van der Waals surface area (Å²) in [6, 6.07) is 13.8. The fourth-order valence-corrected chi connectivity index (χ4v) is 3.45. The van der Waals surface area contributed by atoms with E-state index in [-0.39, 0.29) is 12.5 Å². The second-order valence-electron chi connectivity index (χ2n) is 6.83. The highest BCUT2D eigenvalue weighted by molar-refractivity contribution is 9.10. The number of fused-ring (bicyclic) bond motifs is 4. The number of rotatable bonds is 4. The van der Waals surface area contributed by atoms with E-state index in [1.54, 1.807) is 0 Å². The van der Waals surface area contributed by atoms with Gasteiger partial charge in [-0.25, -0.2) is 9.97 Å². The number of carbonyl (C=O) groups is 1. The molecule has 0 bridgehead atoms. The highest BCUT2D eigenvalue weighted by Gasteiger charge is 2.17. The molecule has 0 fully saturated rings. The van der Waals surface area contributed by atoms with E-state index in [0.717, 1.165) is 37.6 Å². The maximum absolute atomic E-state index is 12.4. The Kier molecular flexibility index (Phi) is 4.36. The quantitative estimate of drug-likeness (QED) is 0.546. The van der Waals surface area contributed by atoms with E-state index in [2.05, 4.69) is 35.1 Å². The Hall–Kier alpha value is -2.47. The van der Waals surface area contributed by atoms with Crippen LogP contribution in [0.1, 0.15) is 13.8 Å². The van der Waals surface area contributed by atoms with E-state index in [4.69, 9.17) is 9.97 Å². The van der Waals surface area contributed by atoms with Crippen molar-refractivity contribution >= 4 is 54.9 Å². The lowest BCUT2D eigenvalue weighted by molar-refractivity contribution is -0.121. The van der Waals surface area contributed by atoms with Crippen molar-refractivity contribution in [2.45, 2.75) is 20.4 Å². The molecule has 2 aromatic carbocycles. The Morgan fingerprint density at radius 1 is 1.15 bits per heavy atom. The van der Waals surface area contributed by atoms with Gasteiger partial charge in [0.05, 0.1) is 16.6 Å². The molecule has 0 saturated heterocycles. The Labute approximate surface area is 159 Å². The smallest absolute Gasteiger partial charge is 0.240 e. The molecular formula is C20H19BrN4O. The molecule has 4 rings (SSSR count). The zero-order valence-electron chi connectivity index (χ0n) is 14.7. The third kappa shape index (κ3) is 3.05. The highest BCUT2D eigenvalue weighted by atomic mass is 79.9. The molecule has 6 heteroatoms. The van der Waals surface area contributed by atoms with Crippen LogP contribution in [-0.2, 0) is 11.3 Å². The fraction of sp³-hybridized carbons (Fsp3) is 0.250. The van der Waals surface area contributed by atoms with Crippen molar-refractivity contribution < 1.29 is 4.79 Å². The van der Waals surface area contributed by atoms with Gasteiger partial charge in [-0.15, -0.1) is 0 Å². The molecule has 0 saturated carbocycles. The zero-order valence-corrected chi connectivity index (χ0v) is 16.2. The summed E-state index contributed by atoms with van der Waals surface area (Å²) in [4.78, 5) is 22.1. The van der Waals surface area contributed by atoms with Crippen LogP contribution in [0.15, 0.2) is 46.9 Å². The molecule has 0 aliphatic heterocycles. The summed E-state index contributed by atoms with van der Waals surface area (Å²) in [5.74, 6) is 0.396.